The van der Waals surface area contributed by atoms with Crippen molar-refractivity contribution in [2.45, 2.75) is 13.8 Å². The number of hydrogen-bond donors (Lipinski definition) is 1. The molecule has 4 heterocycles. The van der Waals surface area contributed by atoms with Crippen LogP contribution < -0.4 is 9.64 Å². The fraction of sp³-hybridized carbons (Fsp3) is 0.320. The zero-order valence-electron chi connectivity index (χ0n) is 19.0. The first-order chi connectivity index (χ1) is 15.5. The molecule has 1 aromatic carbocycles. The molecule has 4 aromatic rings. The number of methoxy groups -OCH3 is 1. The SMILES string of the molecule is COc1cncc(-c2c[nH]c3nnc(-c4cc(C)c(N5CCN(C)CC5)c(C)c4)cc23)c1. The molecule has 3 aromatic heterocycles. The van der Waals surface area contributed by atoms with E-state index in [2.05, 4.69) is 69.1 Å². The van der Waals surface area contributed by atoms with Crippen LogP contribution in [-0.2, 0) is 0 Å². The summed E-state index contributed by atoms with van der Waals surface area (Å²) in [5.41, 5.74) is 8.62. The normalized spacial score (nSPS) is 14.8. The quantitative estimate of drug-likeness (QED) is 0.529. The van der Waals surface area contributed by atoms with Crippen LogP contribution in [0, 0.1) is 13.8 Å². The predicted molar refractivity (Wildman–Crippen MR) is 128 cm³/mol. The summed E-state index contributed by atoms with van der Waals surface area (Å²) in [6.45, 7) is 8.70. The molecule has 7 heteroatoms. The van der Waals surface area contributed by atoms with Gasteiger partial charge >= 0.3 is 0 Å². The van der Waals surface area contributed by atoms with E-state index in [1.54, 1.807) is 13.3 Å². The van der Waals surface area contributed by atoms with Crippen LogP contribution in [0.4, 0.5) is 5.69 Å². The van der Waals surface area contributed by atoms with Crippen molar-refractivity contribution in [2.24, 2.45) is 0 Å². The summed E-state index contributed by atoms with van der Waals surface area (Å²) in [5, 5.41) is 9.98. The van der Waals surface area contributed by atoms with Crippen LogP contribution in [-0.4, -0.2) is 65.4 Å². The molecule has 1 saturated heterocycles. The van der Waals surface area contributed by atoms with Gasteiger partial charge in [-0.2, -0.15) is 0 Å². The number of pyridine rings is 1. The van der Waals surface area contributed by atoms with E-state index in [0.717, 1.165) is 65.3 Å². The second kappa shape index (κ2) is 8.24. The Morgan fingerprint density at radius 2 is 1.66 bits per heavy atom. The Balaban J connectivity index is 1.53. The third-order valence-electron chi connectivity index (χ3n) is 6.30. The average molecular weight is 429 g/mol. The van der Waals surface area contributed by atoms with E-state index < -0.39 is 0 Å². The molecule has 0 unspecified atom stereocenters. The maximum absolute atomic E-state index is 5.34. The highest BCUT2D eigenvalue weighted by molar-refractivity contribution is 5.95. The van der Waals surface area contributed by atoms with Crippen molar-refractivity contribution in [2.75, 3.05) is 45.2 Å². The molecule has 0 atom stereocenters. The lowest BCUT2D eigenvalue weighted by atomic mass is 9.99. The van der Waals surface area contributed by atoms with Crippen LogP contribution in [0.5, 0.6) is 5.75 Å². The molecule has 1 fully saturated rings. The minimum absolute atomic E-state index is 0.727. The van der Waals surface area contributed by atoms with Crippen molar-refractivity contribution in [3.05, 3.63) is 54.0 Å². The first-order valence-corrected chi connectivity index (χ1v) is 10.9. The predicted octanol–water partition coefficient (Wildman–Crippen LogP) is 4.06. The van der Waals surface area contributed by atoms with Gasteiger partial charge in [-0.1, -0.05) is 0 Å². The van der Waals surface area contributed by atoms with Gasteiger partial charge in [-0.15, -0.1) is 10.2 Å². The zero-order valence-corrected chi connectivity index (χ0v) is 19.0. The molecule has 1 aliphatic rings. The zero-order chi connectivity index (χ0) is 22.2. The highest BCUT2D eigenvalue weighted by Gasteiger charge is 2.19. The number of nitrogens with zero attached hydrogens (tertiary/aromatic N) is 5. The van der Waals surface area contributed by atoms with E-state index in [1.165, 1.54) is 16.8 Å². The van der Waals surface area contributed by atoms with Crippen molar-refractivity contribution >= 4 is 16.7 Å². The summed E-state index contributed by atoms with van der Waals surface area (Å²) in [6.07, 6.45) is 5.49. The first kappa shape index (κ1) is 20.5. The highest BCUT2D eigenvalue weighted by Crippen LogP contribution is 2.34. The Morgan fingerprint density at radius 1 is 0.906 bits per heavy atom. The lowest BCUT2D eigenvalue weighted by Crippen LogP contribution is -2.45. The number of likely N-dealkylation sites (N-methyl/N-ethyl adjacent to an activating group) is 1. The first-order valence-electron chi connectivity index (χ1n) is 10.9. The van der Waals surface area contributed by atoms with Gasteiger partial charge < -0.3 is 19.5 Å². The molecule has 5 rings (SSSR count). The van der Waals surface area contributed by atoms with Crippen LogP contribution in [0.25, 0.3) is 33.4 Å². The van der Waals surface area contributed by atoms with Crippen molar-refractivity contribution in [3.63, 3.8) is 0 Å². The summed E-state index contributed by atoms with van der Waals surface area (Å²) in [7, 11) is 3.84. The third kappa shape index (κ3) is 3.69. The van der Waals surface area contributed by atoms with E-state index in [-0.39, 0.29) is 0 Å². The van der Waals surface area contributed by atoms with E-state index in [4.69, 9.17) is 4.74 Å². The number of H-pyrrole nitrogens is 1. The lowest BCUT2D eigenvalue weighted by molar-refractivity contribution is 0.312. The van der Waals surface area contributed by atoms with Crippen molar-refractivity contribution in [1.29, 1.82) is 0 Å². The van der Waals surface area contributed by atoms with E-state index in [9.17, 15) is 0 Å². The minimum atomic E-state index is 0.727. The van der Waals surface area contributed by atoms with Crippen LogP contribution in [0.1, 0.15) is 11.1 Å². The molecule has 0 saturated carbocycles. The monoisotopic (exact) mass is 428 g/mol. The summed E-state index contributed by atoms with van der Waals surface area (Å²) >= 11 is 0. The molecule has 7 nitrogen and oxygen atoms in total. The Kier molecular flexibility index (Phi) is 5.27. The summed E-state index contributed by atoms with van der Waals surface area (Å²) in [4.78, 5) is 12.4. The van der Waals surface area contributed by atoms with Crippen molar-refractivity contribution < 1.29 is 4.74 Å². The number of anilines is 1. The smallest absolute Gasteiger partial charge is 0.160 e. The van der Waals surface area contributed by atoms with Gasteiger partial charge in [0.25, 0.3) is 0 Å². The van der Waals surface area contributed by atoms with Crippen molar-refractivity contribution in [3.8, 4) is 28.1 Å². The Labute approximate surface area is 188 Å². The summed E-state index contributed by atoms with van der Waals surface area (Å²) in [5.74, 6) is 0.727. The lowest BCUT2D eigenvalue weighted by Gasteiger charge is -2.36. The molecule has 0 amide bonds. The molecule has 0 aliphatic carbocycles. The molecule has 0 spiro atoms. The number of nitrogens with one attached hydrogen (secondary N) is 1. The number of rotatable bonds is 4. The van der Waals surface area contributed by atoms with Crippen LogP contribution >= 0.6 is 0 Å². The van der Waals surface area contributed by atoms with E-state index in [1.807, 2.05) is 18.5 Å². The molecular weight excluding hydrogens is 400 g/mol. The summed E-state index contributed by atoms with van der Waals surface area (Å²) < 4.78 is 5.34. The number of fused-ring (bicyclic) bond motifs is 1. The topological polar surface area (TPSA) is 70.2 Å². The molecule has 0 radical (unpaired) electrons. The number of aromatic nitrogens is 4. The number of hydrogen-bond acceptors (Lipinski definition) is 6. The van der Waals surface area contributed by atoms with Crippen LogP contribution in [0.15, 0.2) is 42.9 Å². The van der Waals surface area contributed by atoms with Gasteiger partial charge in [0, 0.05) is 66.3 Å². The van der Waals surface area contributed by atoms with Crippen LogP contribution in [0.3, 0.4) is 0 Å². The Bertz CT molecular complexity index is 1250. The second-order valence-electron chi connectivity index (χ2n) is 8.56. The number of piperazine rings is 1. The molecule has 164 valence electrons. The maximum atomic E-state index is 5.34. The largest absolute Gasteiger partial charge is 0.495 e. The number of benzene rings is 1. The second-order valence-corrected chi connectivity index (χ2v) is 8.56. The standard InChI is InChI=1S/C25H28N6O/c1-16-9-18(10-17(2)24(16)31-7-5-30(3)6-8-31)23-12-21-22(15-27-25(21)29-28-23)19-11-20(32-4)14-26-13-19/h9-15H,5-8H2,1-4H3,(H,27,29). The third-order valence-corrected chi connectivity index (χ3v) is 6.30. The van der Waals surface area contributed by atoms with Gasteiger partial charge in [0.15, 0.2) is 5.65 Å². The molecular formula is C25H28N6O. The van der Waals surface area contributed by atoms with Gasteiger partial charge in [-0.05, 0) is 56.3 Å². The van der Waals surface area contributed by atoms with Gasteiger partial charge in [0.1, 0.15) is 5.75 Å². The number of aromatic amines is 1. The number of ether oxygens (including phenoxy) is 1. The molecule has 32 heavy (non-hydrogen) atoms. The maximum Gasteiger partial charge on any atom is 0.160 e. The molecule has 1 aliphatic heterocycles. The van der Waals surface area contributed by atoms with Gasteiger partial charge in [-0.25, -0.2) is 0 Å². The Hall–Kier alpha value is -3.45. The average Bonchev–Trinajstić information content (AvgIpc) is 3.23. The van der Waals surface area contributed by atoms with Gasteiger partial charge in [-0.3, -0.25) is 4.98 Å². The minimum Gasteiger partial charge on any atom is -0.495 e. The Morgan fingerprint density at radius 3 is 2.38 bits per heavy atom. The fourth-order valence-electron chi connectivity index (χ4n) is 4.61. The summed E-state index contributed by atoms with van der Waals surface area (Å²) in [6, 6.07) is 8.55. The number of aryl methyl sites for hydroxylation is 2. The van der Waals surface area contributed by atoms with Gasteiger partial charge in [0.05, 0.1) is 19.0 Å². The van der Waals surface area contributed by atoms with Gasteiger partial charge in [0.2, 0.25) is 0 Å². The van der Waals surface area contributed by atoms with E-state index >= 15 is 0 Å². The molecule has 1 N–H and O–H groups in total. The van der Waals surface area contributed by atoms with Crippen molar-refractivity contribution in [1.82, 2.24) is 25.1 Å². The highest BCUT2D eigenvalue weighted by atomic mass is 16.5. The van der Waals surface area contributed by atoms with E-state index in [0.29, 0.717) is 0 Å². The van der Waals surface area contributed by atoms with Crippen LogP contribution in [0.2, 0.25) is 0 Å². The molecule has 0 bridgehead atoms. The fourth-order valence-corrected chi connectivity index (χ4v) is 4.61.